The van der Waals surface area contributed by atoms with E-state index in [1.807, 2.05) is 4.98 Å². The maximum absolute atomic E-state index is 13.0. The first kappa shape index (κ1) is 17.5. The van der Waals surface area contributed by atoms with Gasteiger partial charge in [0.2, 0.25) is 0 Å². The summed E-state index contributed by atoms with van der Waals surface area (Å²) in [4.78, 5) is 38.4. The predicted octanol–water partition coefficient (Wildman–Crippen LogP) is 1.93. The number of halogens is 3. The van der Waals surface area contributed by atoms with Gasteiger partial charge in [-0.05, 0) is 18.6 Å². The standard InChI is InChI=1S/C15H13F3N2O4/c1-8(10-4-2-3-5-11(10)15(16,17)18)13(22)24-7-9-6-12(21)20-14(23)19-9/h2-6,8H,7H2,1H3,(H2,19,20,21,23). The molecule has 1 aromatic carbocycles. The third-order valence-corrected chi connectivity index (χ3v) is 3.27. The van der Waals surface area contributed by atoms with Crippen LogP contribution in [0.2, 0.25) is 0 Å². The molecule has 0 saturated carbocycles. The monoisotopic (exact) mass is 342 g/mol. The Balaban J connectivity index is 2.16. The van der Waals surface area contributed by atoms with Gasteiger partial charge in [0.25, 0.3) is 5.56 Å². The van der Waals surface area contributed by atoms with Crippen molar-refractivity contribution < 1.29 is 22.7 Å². The van der Waals surface area contributed by atoms with E-state index in [0.717, 1.165) is 12.1 Å². The number of H-pyrrole nitrogens is 2. The number of carbonyl (C=O) groups is 1. The molecule has 0 fully saturated rings. The average Bonchev–Trinajstić information content (AvgIpc) is 2.50. The second-order valence-electron chi connectivity index (χ2n) is 5.03. The van der Waals surface area contributed by atoms with Crippen molar-refractivity contribution in [3.8, 4) is 0 Å². The predicted molar refractivity (Wildman–Crippen MR) is 77.3 cm³/mol. The number of alkyl halides is 3. The first-order valence-electron chi connectivity index (χ1n) is 6.84. The van der Waals surface area contributed by atoms with E-state index in [1.165, 1.54) is 25.1 Å². The largest absolute Gasteiger partial charge is 0.459 e. The lowest BCUT2D eigenvalue weighted by molar-refractivity contribution is -0.147. The molecule has 24 heavy (non-hydrogen) atoms. The smallest absolute Gasteiger partial charge is 0.416 e. The van der Waals surface area contributed by atoms with Gasteiger partial charge in [0.15, 0.2) is 0 Å². The highest BCUT2D eigenvalue weighted by Crippen LogP contribution is 2.35. The fourth-order valence-corrected chi connectivity index (χ4v) is 2.13. The van der Waals surface area contributed by atoms with E-state index in [1.54, 1.807) is 0 Å². The van der Waals surface area contributed by atoms with Crippen molar-refractivity contribution in [2.45, 2.75) is 25.6 Å². The van der Waals surface area contributed by atoms with Crippen molar-refractivity contribution in [2.24, 2.45) is 0 Å². The van der Waals surface area contributed by atoms with Crippen LogP contribution in [-0.2, 0) is 22.3 Å². The molecule has 0 aliphatic rings. The third kappa shape index (κ3) is 4.12. The number of aromatic nitrogens is 2. The average molecular weight is 342 g/mol. The molecule has 9 heteroatoms. The Labute approximate surface area is 133 Å². The van der Waals surface area contributed by atoms with Crippen molar-refractivity contribution in [2.75, 3.05) is 0 Å². The zero-order valence-electron chi connectivity index (χ0n) is 12.4. The summed E-state index contributed by atoms with van der Waals surface area (Å²) in [7, 11) is 0. The maximum Gasteiger partial charge on any atom is 0.416 e. The summed E-state index contributed by atoms with van der Waals surface area (Å²) >= 11 is 0. The number of esters is 1. The molecule has 0 aliphatic heterocycles. The van der Waals surface area contributed by atoms with Gasteiger partial charge < -0.3 is 9.72 Å². The van der Waals surface area contributed by atoms with Crippen LogP contribution < -0.4 is 11.2 Å². The minimum Gasteiger partial charge on any atom is -0.459 e. The number of hydrogen-bond acceptors (Lipinski definition) is 4. The summed E-state index contributed by atoms with van der Waals surface area (Å²) in [5.74, 6) is -2.08. The minimum absolute atomic E-state index is 0.0356. The Hall–Kier alpha value is -2.84. The lowest BCUT2D eigenvalue weighted by atomic mass is 9.95. The van der Waals surface area contributed by atoms with E-state index in [2.05, 4.69) is 4.98 Å². The van der Waals surface area contributed by atoms with Crippen LogP contribution in [0, 0.1) is 0 Å². The molecule has 1 atom stereocenters. The van der Waals surface area contributed by atoms with Gasteiger partial charge in [-0.2, -0.15) is 13.2 Å². The van der Waals surface area contributed by atoms with Crippen LogP contribution in [0.15, 0.2) is 39.9 Å². The van der Waals surface area contributed by atoms with Gasteiger partial charge in [0.1, 0.15) is 6.61 Å². The fraction of sp³-hybridized carbons (Fsp3) is 0.267. The number of nitrogens with one attached hydrogen (secondary N) is 2. The van der Waals surface area contributed by atoms with E-state index in [4.69, 9.17) is 4.74 Å². The summed E-state index contributed by atoms with van der Waals surface area (Å²) in [6, 6.07) is 5.72. The van der Waals surface area contributed by atoms with E-state index in [9.17, 15) is 27.6 Å². The Morgan fingerprint density at radius 1 is 1.21 bits per heavy atom. The molecule has 2 N–H and O–H groups in total. The number of aromatic amines is 2. The molecular weight excluding hydrogens is 329 g/mol. The second kappa shape index (κ2) is 6.73. The highest BCUT2D eigenvalue weighted by Gasteiger charge is 2.35. The zero-order chi connectivity index (χ0) is 17.9. The minimum atomic E-state index is -4.59. The summed E-state index contributed by atoms with van der Waals surface area (Å²) in [6.07, 6.45) is -4.59. The van der Waals surface area contributed by atoms with E-state index in [-0.39, 0.29) is 11.3 Å². The molecule has 2 rings (SSSR count). The molecule has 0 radical (unpaired) electrons. The molecule has 2 aromatic rings. The summed E-state index contributed by atoms with van der Waals surface area (Å²) in [5, 5.41) is 0. The summed E-state index contributed by atoms with van der Waals surface area (Å²) < 4.78 is 43.8. The normalized spacial score (nSPS) is 12.7. The Morgan fingerprint density at radius 3 is 2.50 bits per heavy atom. The van der Waals surface area contributed by atoms with Crippen molar-refractivity contribution in [3.05, 3.63) is 68.0 Å². The zero-order valence-corrected chi connectivity index (χ0v) is 12.4. The maximum atomic E-state index is 13.0. The fourth-order valence-electron chi connectivity index (χ4n) is 2.13. The lowest BCUT2D eigenvalue weighted by Gasteiger charge is -2.17. The van der Waals surface area contributed by atoms with Gasteiger partial charge in [-0.15, -0.1) is 0 Å². The van der Waals surface area contributed by atoms with E-state index < -0.39 is 41.5 Å². The molecule has 0 saturated heterocycles. The third-order valence-electron chi connectivity index (χ3n) is 3.27. The SMILES string of the molecule is CC(C(=O)OCc1cc(=O)[nH]c(=O)[nH]1)c1ccccc1C(F)(F)F. The number of hydrogen-bond donors (Lipinski definition) is 2. The Morgan fingerprint density at radius 2 is 1.88 bits per heavy atom. The van der Waals surface area contributed by atoms with Crippen molar-refractivity contribution in [1.29, 1.82) is 0 Å². The summed E-state index contributed by atoms with van der Waals surface area (Å²) in [6.45, 7) is 0.851. The molecule has 0 amide bonds. The van der Waals surface area contributed by atoms with Gasteiger partial charge >= 0.3 is 17.8 Å². The number of ether oxygens (including phenoxy) is 1. The summed E-state index contributed by atoms with van der Waals surface area (Å²) in [5.41, 5.74) is -2.55. The van der Waals surface area contributed by atoms with Gasteiger partial charge in [-0.1, -0.05) is 18.2 Å². The molecule has 6 nitrogen and oxygen atoms in total. The number of benzene rings is 1. The molecule has 0 aliphatic carbocycles. The second-order valence-corrected chi connectivity index (χ2v) is 5.03. The van der Waals surface area contributed by atoms with Crippen LogP contribution in [0.4, 0.5) is 13.2 Å². The number of rotatable bonds is 4. The van der Waals surface area contributed by atoms with Crippen molar-refractivity contribution in [1.82, 2.24) is 9.97 Å². The lowest BCUT2D eigenvalue weighted by Crippen LogP contribution is -2.24. The first-order chi connectivity index (χ1) is 11.2. The molecule has 1 aromatic heterocycles. The molecule has 128 valence electrons. The Kier molecular flexibility index (Phi) is 4.91. The van der Waals surface area contributed by atoms with Crippen LogP contribution >= 0.6 is 0 Å². The molecule has 0 spiro atoms. The molecule has 0 bridgehead atoms. The number of carbonyl (C=O) groups excluding carboxylic acids is 1. The van der Waals surface area contributed by atoms with Crippen molar-refractivity contribution >= 4 is 5.97 Å². The quantitative estimate of drug-likeness (QED) is 0.831. The first-order valence-corrected chi connectivity index (χ1v) is 6.84. The van der Waals surface area contributed by atoms with E-state index >= 15 is 0 Å². The van der Waals surface area contributed by atoms with Crippen LogP contribution in [-0.4, -0.2) is 15.9 Å². The van der Waals surface area contributed by atoms with Gasteiger partial charge in [-0.3, -0.25) is 14.6 Å². The Bertz CT molecular complexity index is 826. The van der Waals surface area contributed by atoms with Gasteiger partial charge in [0, 0.05) is 6.07 Å². The van der Waals surface area contributed by atoms with Crippen LogP contribution in [0.3, 0.4) is 0 Å². The van der Waals surface area contributed by atoms with Gasteiger partial charge in [-0.25, -0.2) is 4.79 Å². The van der Waals surface area contributed by atoms with Crippen molar-refractivity contribution in [3.63, 3.8) is 0 Å². The van der Waals surface area contributed by atoms with Crippen LogP contribution in [0.1, 0.15) is 29.7 Å². The highest BCUT2D eigenvalue weighted by molar-refractivity contribution is 5.78. The van der Waals surface area contributed by atoms with Crippen LogP contribution in [0.5, 0.6) is 0 Å². The van der Waals surface area contributed by atoms with Crippen LogP contribution in [0.25, 0.3) is 0 Å². The topological polar surface area (TPSA) is 92.0 Å². The highest BCUT2D eigenvalue weighted by atomic mass is 19.4. The van der Waals surface area contributed by atoms with E-state index in [0.29, 0.717) is 0 Å². The molecule has 1 heterocycles. The van der Waals surface area contributed by atoms with Gasteiger partial charge in [0.05, 0.1) is 17.2 Å². The molecule has 1 unspecified atom stereocenters. The molecular formula is C15H13F3N2O4.